The van der Waals surface area contributed by atoms with Gasteiger partial charge in [-0.1, -0.05) is 17.7 Å². The summed E-state index contributed by atoms with van der Waals surface area (Å²) in [6.45, 7) is 8.14. The van der Waals surface area contributed by atoms with Gasteiger partial charge in [-0.15, -0.1) is 0 Å². The topological polar surface area (TPSA) is 44.5 Å². The van der Waals surface area contributed by atoms with Gasteiger partial charge in [-0.25, -0.2) is 4.39 Å². The molecule has 1 fully saturated rings. The van der Waals surface area contributed by atoms with Crippen LogP contribution in [0.4, 0.5) is 4.39 Å². The van der Waals surface area contributed by atoms with Crippen molar-refractivity contribution in [3.05, 3.63) is 40.1 Å². The highest BCUT2D eigenvalue weighted by Gasteiger charge is 2.52. The SMILES string of the molecule is CC1(C)OB(C(=Cc2cc(F)cc(Cl)c2)CN)OC1(C)C. The van der Waals surface area contributed by atoms with Crippen LogP contribution in [-0.2, 0) is 9.31 Å². The number of rotatable bonds is 3. The summed E-state index contributed by atoms with van der Waals surface area (Å²) in [6.07, 6.45) is 1.76. The van der Waals surface area contributed by atoms with Crippen LogP contribution in [0.3, 0.4) is 0 Å². The molecule has 0 aromatic heterocycles. The zero-order chi connectivity index (χ0) is 15.8. The van der Waals surface area contributed by atoms with E-state index in [1.165, 1.54) is 12.1 Å². The number of hydrogen-bond donors (Lipinski definition) is 1. The predicted octanol–water partition coefficient (Wildman–Crippen LogP) is 3.45. The van der Waals surface area contributed by atoms with Crippen LogP contribution in [0.25, 0.3) is 6.08 Å². The van der Waals surface area contributed by atoms with Gasteiger partial charge in [0.2, 0.25) is 0 Å². The Morgan fingerprint density at radius 3 is 2.29 bits per heavy atom. The van der Waals surface area contributed by atoms with Crippen LogP contribution in [0.1, 0.15) is 33.3 Å². The lowest BCUT2D eigenvalue weighted by molar-refractivity contribution is 0.00578. The predicted molar refractivity (Wildman–Crippen MR) is 84.5 cm³/mol. The van der Waals surface area contributed by atoms with Gasteiger partial charge >= 0.3 is 7.12 Å². The number of nitrogens with two attached hydrogens (primary N) is 1. The molecule has 21 heavy (non-hydrogen) atoms. The first-order valence-electron chi connectivity index (χ1n) is 6.87. The minimum Gasteiger partial charge on any atom is -0.400 e. The molecule has 0 saturated carbocycles. The van der Waals surface area contributed by atoms with Crippen LogP contribution >= 0.6 is 11.6 Å². The molecule has 0 spiro atoms. The van der Waals surface area contributed by atoms with Crippen LogP contribution in [-0.4, -0.2) is 24.9 Å². The van der Waals surface area contributed by atoms with Gasteiger partial charge in [-0.3, -0.25) is 0 Å². The van der Waals surface area contributed by atoms with Crippen molar-refractivity contribution in [1.29, 1.82) is 0 Å². The molecule has 0 radical (unpaired) electrons. The summed E-state index contributed by atoms with van der Waals surface area (Å²) in [6, 6.07) is 4.33. The van der Waals surface area contributed by atoms with Gasteiger partial charge in [-0.05, 0) is 56.9 Å². The monoisotopic (exact) mass is 311 g/mol. The molecule has 2 rings (SSSR count). The van der Waals surface area contributed by atoms with Crippen molar-refractivity contribution in [3.8, 4) is 0 Å². The second-order valence-corrected chi connectivity index (χ2v) is 6.65. The second kappa shape index (κ2) is 5.73. The van der Waals surface area contributed by atoms with Crippen LogP contribution in [0.5, 0.6) is 0 Å². The fourth-order valence-electron chi connectivity index (χ4n) is 2.09. The Kier molecular flexibility index (Phi) is 4.50. The first-order valence-corrected chi connectivity index (χ1v) is 7.25. The van der Waals surface area contributed by atoms with Crippen LogP contribution in [0.15, 0.2) is 23.7 Å². The molecule has 0 atom stereocenters. The van der Waals surface area contributed by atoms with Crippen molar-refractivity contribution in [2.45, 2.75) is 38.9 Å². The van der Waals surface area contributed by atoms with Gasteiger partial charge in [0, 0.05) is 11.6 Å². The molecule has 1 saturated heterocycles. The van der Waals surface area contributed by atoms with Crippen molar-refractivity contribution < 1.29 is 13.7 Å². The Morgan fingerprint density at radius 1 is 1.24 bits per heavy atom. The summed E-state index contributed by atoms with van der Waals surface area (Å²) in [5.74, 6) is -0.390. The molecule has 1 aliphatic heterocycles. The molecule has 0 aliphatic carbocycles. The molecule has 3 nitrogen and oxygen atoms in total. The lowest BCUT2D eigenvalue weighted by Crippen LogP contribution is -2.41. The molecule has 6 heteroatoms. The molecule has 114 valence electrons. The summed E-state index contributed by atoms with van der Waals surface area (Å²) in [5.41, 5.74) is 6.30. The van der Waals surface area contributed by atoms with Crippen LogP contribution < -0.4 is 5.73 Å². The average Bonchev–Trinajstić information content (AvgIpc) is 2.54. The summed E-state index contributed by atoms with van der Waals surface area (Å²) < 4.78 is 25.3. The number of halogens is 2. The third-order valence-electron chi connectivity index (χ3n) is 4.03. The normalized spacial score (nSPS) is 20.9. The third kappa shape index (κ3) is 3.48. The summed E-state index contributed by atoms with van der Waals surface area (Å²) in [7, 11) is -0.540. The highest BCUT2D eigenvalue weighted by atomic mass is 35.5. The zero-order valence-electron chi connectivity index (χ0n) is 12.7. The van der Waals surface area contributed by atoms with Gasteiger partial charge in [0.1, 0.15) is 5.82 Å². The Bertz CT molecular complexity index is 539. The highest BCUT2D eigenvalue weighted by molar-refractivity contribution is 6.55. The second-order valence-electron chi connectivity index (χ2n) is 6.21. The van der Waals surface area contributed by atoms with Crippen molar-refractivity contribution in [3.63, 3.8) is 0 Å². The van der Waals surface area contributed by atoms with Crippen molar-refractivity contribution in [2.75, 3.05) is 6.54 Å². The van der Waals surface area contributed by atoms with Crippen LogP contribution in [0.2, 0.25) is 5.02 Å². The molecule has 2 N–H and O–H groups in total. The van der Waals surface area contributed by atoms with E-state index in [1.807, 2.05) is 27.7 Å². The third-order valence-corrected chi connectivity index (χ3v) is 4.25. The first-order chi connectivity index (χ1) is 9.64. The quantitative estimate of drug-likeness (QED) is 0.870. The summed E-state index contributed by atoms with van der Waals surface area (Å²) >= 11 is 5.86. The molecular weight excluding hydrogens is 291 g/mol. The lowest BCUT2D eigenvalue weighted by atomic mass is 9.77. The first kappa shape index (κ1) is 16.5. The van der Waals surface area contributed by atoms with E-state index in [4.69, 9.17) is 26.6 Å². The minimum atomic E-state index is -0.540. The molecule has 1 aromatic rings. The Morgan fingerprint density at radius 2 is 1.81 bits per heavy atom. The van der Waals surface area contributed by atoms with Crippen molar-refractivity contribution in [1.82, 2.24) is 0 Å². The summed E-state index contributed by atoms with van der Waals surface area (Å²) in [5, 5.41) is 0.339. The lowest BCUT2D eigenvalue weighted by Gasteiger charge is -2.32. The molecule has 1 aromatic carbocycles. The maximum absolute atomic E-state index is 13.4. The van der Waals surface area contributed by atoms with Crippen molar-refractivity contribution in [2.24, 2.45) is 5.73 Å². The Hall–Kier alpha value is -0.875. The zero-order valence-corrected chi connectivity index (χ0v) is 13.5. The smallest absolute Gasteiger partial charge is 0.400 e. The van der Waals surface area contributed by atoms with E-state index in [0.29, 0.717) is 10.6 Å². The van der Waals surface area contributed by atoms with Crippen molar-refractivity contribution >= 4 is 24.8 Å². The fourth-order valence-corrected chi connectivity index (χ4v) is 2.32. The molecular formula is C15H20BClFNO2. The average molecular weight is 312 g/mol. The molecule has 1 heterocycles. The molecule has 0 bridgehead atoms. The maximum Gasteiger partial charge on any atom is 0.491 e. The number of hydrogen-bond acceptors (Lipinski definition) is 3. The summed E-state index contributed by atoms with van der Waals surface area (Å²) in [4.78, 5) is 0. The molecule has 0 amide bonds. The molecule has 0 unspecified atom stereocenters. The van der Waals surface area contributed by atoms with E-state index in [0.717, 1.165) is 5.47 Å². The van der Waals surface area contributed by atoms with Gasteiger partial charge in [0.05, 0.1) is 11.2 Å². The highest BCUT2D eigenvalue weighted by Crippen LogP contribution is 2.38. The number of benzene rings is 1. The van der Waals surface area contributed by atoms with E-state index in [-0.39, 0.29) is 12.4 Å². The standard InChI is InChI=1S/C15H20BClFNO2/c1-14(2)15(3,4)21-16(20-14)11(9-19)5-10-6-12(17)8-13(18)7-10/h5-8H,9,19H2,1-4H3. The van der Waals surface area contributed by atoms with E-state index in [1.54, 1.807) is 12.1 Å². The van der Waals surface area contributed by atoms with E-state index in [9.17, 15) is 4.39 Å². The van der Waals surface area contributed by atoms with E-state index in [2.05, 4.69) is 0 Å². The minimum absolute atomic E-state index is 0.255. The van der Waals surface area contributed by atoms with Gasteiger partial charge in [-0.2, -0.15) is 0 Å². The van der Waals surface area contributed by atoms with E-state index >= 15 is 0 Å². The van der Waals surface area contributed by atoms with Gasteiger partial charge < -0.3 is 15.0 Å². The maximum atomic E-state index is 13.4. The van der Waals surface area contributed by atoms with Gasteiger partial charge in [0.25, 0.3) is 0 Å². The fraction of sp³-hybridized carbons (Fsp3) is 0.467. The Balaban J connectivity index is 2.30. The largest absolute Gasteiger partial charge is 0.491 e. The van der Waals surface area contributed by atoms with Crippen LogP contribution in [0, 0.1) is 5.82 Å². The Labute approximate surface area is 130 Å². The van der Waals surface area contributed by atoms with E-state index < -0.39 is 18.3 Å². The van der Waals surface area contributed by atoms with Gasteiger partial charge in [0.15, 0.2) is 0 Å². The molecule has 1 aliphatic rings.